The molecule has 2 aromatic heterocycles. The first-order chi connectivity index (χ1) is 15.3. The van der Waals surface area contributed by atoms with E-state index in [-0.39, 0.29) is 17.2 Å². The van der Waals surface area contributed by atoms with Gasteiger partial charge in [0.15, 0.2) is 10.8 Å². The van der Waals surface area contributed by atoms with Gasteiger partial charge in [0.25, 0.3) is 11.6 Å². The number of aryl methyl sites for hydroxylation is 1. The Morgan fingerprint density at radius 1 is 1.31 bits per heavy atom. The highest BCUT2D eigenvalue weighted by molar-refractivity contribution is 7.99. The molecule has 0 aliphatic rings. The third-order valence-corrected chi connectivity index (χ3v) is 5.43. The topological polar surface area (TPSA) is 128 Å². The van der Waals surface area contributed by atoms with Crippen LogP contribution < -0.4 is 10.6 Å². The van der Waals surface area contributed by atoms with E-state index in [0.717, 1.165) is 23.5 Å². The maximum Gasteiger partial charge on any atom is 0.273 e. The predicted octanol–water partition coefficient (Wildman–Crippen LogP) is 3.65. The molecule has 1 aromatic carbocycles. The molecule has 0 saturated carbocycles. The van der Waals surface area contributed by atoms with Crippen molar-refractivity contribution in [2.45, 2.75) is 39.4 Å². The number of amides is 1. The van der Waals surface area contributed by atoms with Gasteiger partial charge in [0, 0.05) is 30.3 Å². The summed E-state index contributed by atoms with van der Waals surface area (Å²) in [5, 5.41) is 23.2. The molecule has 0 aliphatic heterocycles. The molecular formula is C21H27N7O3S. The molecule has 3 aromatic rings. The van der Waals surface area contributed by atoms with Gasteiger partial charge in [0.05, 0.1) is 23.1 Å². The van der Waals surface area contributed by atoms with Crippen molar-refractivity contribution >= 4 is 40.2 Å². The zero-order valence-corrected chi connectivity index (χ0v) is 19.4. The molecule has 0 unspecified atom stereocenters. The maximum atomic E-state index is 12.5. The number of carbonyl (C=O) groups is 1. The number of rotatable bonds is 10. The van der Waals surface area contributed by atoms with E-state index in [1.807, 2.05) is 6.92 Å². The Labute approximate surface area is 190 Å². The number of nitrogens with one attached hydrogen (secondary N) is 2. The van der Waals surface area contributed by atoms with Crippen LogP contribution in [-0.2, 0) is 6.54 Å². The molecule has 10 nitrogen and oxygen atoms in total. The van der Waals surface area contributed by atoms with Gasteiger partial charge < -0.3 is 10.6 Å². The van der Waals surface area contributed by atoms with E-state index < -0.39 is 4.92 Å². The average molecular weight is 458 g/mol. The zero-order valence-electron chi connectivity index (χ0n) is 18.6. The first-order valence-corrected chi connectivity index (χ1v) is 11.4. The summed E-state index contributed by atoms with van der Waals surface area (Å²) in [6, 6.07) is 4.45. The molecule has 170 valence electrons. The Kier molecular flexibility index (Phi) is 7.62. The number of hydrogen-bond acceptors (Lipinski definition) is 8. The minimum absolute atomic E-state index is 0.0743. The fourth-order valence-corrected chi connectivity index (χ4v) is 3.62. The van der Waals surface area contributed by atoms with E-state index in [0.29, 0.717) is 35.4 Å². The predicted molar refractivity (Wildman–Crippen MR) is 125 cm³/mol. The lowest BCUT2D eigenvalue weighted by Gasteiger charge is -2.11. The van der Waals surface area contributed by atoms with Gasteiger partial charge in [-0.2, -0.15) is 5.10 Å². The summed E-state index contributed by atoms with van der Waals surface area (Å²) >= 11 is 1.55. The van der Waals surface area contributed by atoms with Crippen LogP contribution in [0.4, 0.5) is 11.5 Å². The van der Waals surface area contributed by atoms with Crippen molar-refractivity contribution in [3.8, 4) is 0 Å². The van der Waals surface area contributed by atoms with Crippen molar-refractivity contribution in [2.75, 3.05) is 24.2 Å². The number of benzene rings is 1. The van der Waals surface area contributed by atoms with Crippen molar-refractivity contribution < 1.29 is 9.72 Å². The third-order valence-electron chi connectivity index (χ3n) is 4.70. The highest BCUT2D eigenvalue weighted by Gasteiger charge is 2.16. The Hall–Kier alpha value is -3.21. The minimum Gasteiger partial charge on any atom is -0.369 e. The number of nitro groups is 1. The summed E-state index contributed by atoms with van der Waals surface area (Å²) in [6.45, 7) is 9.42. The van der Waals surface area contributed by atoms with Crippen LogP contribution in [0.2, 0.25) is 0 Å². The van der Waals surface area contributed by atoms with Crippen molar-refractivity contribution in [1.29, 1.82) is 0 Å². The minimum atomic E-state index is -0.488. The van der Waals surface area contributed by atoms with Gasteiger partial charge in [-0.3, -0.25) is 14.9 Å². The van der Waals surface area contributed by atoms with Crippen LogP contribution in [0.5, 0.6) is 0 Å². The molecular weight excluding hydrogens is 430 g/mol. The standard InChI is InChI=1S/C21H27N7O3S/c1-5-32-21-25-18(23-11-13(2)3)16-12-24-27(19(16)26-21)9-8-22-20(29)15-7-6-14(4)17(10-15)28(30)31/h6-7,10,12-13H,5,8-9,11H2,1-4H3,(H,22,29)(H,23,25,26). The lowest BCUT2D eigenvalue weighted by molar-refractivity contribution is -0.385. The van der Waals surface area contributed by atoms with Crippen molar-refractivity contribution in [3.05, 3.63) is 45.6 Å². The van der Waals surface area contributed by atoms with E-state index in [1.54, 1.807) is 41.7 Å². The van der Waals surface area contributed by atoms with Crippen LogP contribution in [0.15, 0.2) is 29.6 Å². The fourth-order valence-electron chi connectivity index (χ4n) is 3.05. The van der Waals surface area contributed by atoms with Gasteiger partial charge in [0.2, 0.25) is 0 Å². The molecule has 1 amide bonds. The first kappa shape index (κ1) is 23.5. The number of nitro benzene ring substituents is 1. The fraction of sp³-hybridized carbons (Fsp3) is 0.429. The second kappa shape index (κ2) is 10.4. The summed E-state index contributed by atoms with van der Waals surface area (Å²) in [4.78, 5) is 32.3. The van der Waals surface area contributed by atoms with E-state index in [2.05, 4.69) is 39.5 Å². The number of aromatic nitrogens is 4. The van der Waals surface area contributed by atoms with Crippen LogP contribution in [0, 0.1) is 23.0 Å². The summed E-state index contributed by atoms with van der Waals surface area (Å²) in [6.07, 6.45) is 1.73. The number of thioether (sulfide) groups is 1. The van der Waals surface area contributed by atoms with E-state index in [4.69, 9.17) is 0 Å². The van der Waals surface area contributed by atoms with E-state index in [1.165, 1.54) is 6.07 Å². The highest BCUT2D eigenvalue weighted by atomic mass is 32.2. The molecule has 0 aliphatic carbocycles. The molecule has 2 N–H and O–H groups in total. The lowest BCUT2D eigenvalue weighted by Crippen LogP contribution is -2.27. The first-order valence-electron chi connectivity index (χ1n) is 10.4. The Morgan fingerprint density at radius 3 is 2.78 bits per heavy atom. The second-order valence-corrected chi connectivity index (χ2v) is 8.91. The highest BCUT2D eigenvalue weighted by Crippen LogP contribution is 2.24. The van der Waals surface area contributed by atoms with Gasteiger partial charge in [-0.05, 0) is 24.7 Å². The molecule has 3 rings (SSSR count). The smallest absolute Gasteiger partial charge is 0.273 e. The Balaban J connectivity index is 1.74. The molecule has 11 heteroatoms. The molecule has 32 heavy (non-hydrogen) atoms. The SMILES string of the molecule is CCSc1nc(NCC(C)C)c2cnn(CCNC(=O)c3ccc(C)c([N+](=O)[O-])c3)c2n1. The number of nitrogens with zero attached hydrogens (tertiary/aromatic N) is 5. The van der Waals surface area contributed by atoms with Gasteiger partial charge in [-0.15, -0.1) is 0 Å². The normalized spacial score (nSPS) is 11.2. The lowest BCUT2D eigenvalue weighted by atomic mass is 10.1. The summed E-state index contributed by atoms with van der Waals surface area (Å²) < 4.78 is 1.73. The second-order valence-electron chi connectivity index (χ2n) is 7.68. The largest absolute Gasteiger partial charge is 0.369 e. The Morgan fingerprint density at radius 2 is 2.09 bits per heavy atom. The van der Waals surface area contributed by atoms with Crippen LogP contribution in [0.3, 0.4) is 0 Å². The molecule has 0 spiro atoms. The van der Waals surface area contributed by atoms with E-state index >= 15 is 0 Å². The maximum absolute atomic E-state index is 12.5. The zero-order chi connectivity index (χ0) is 23.3. The van der Waals surface area contributed by atoms with Crippen LogP contribution in [0.1, 0.15) is 36.7 Å². The summed E-state index contributed by atoms with van der Waals surface area (Å²) in [5.41, 5.74) is 1.38. The number of anilines is 1. The number of fused-ring (bicyclic) bond motifs is 1. The summed E-state index contributed by atoms with van der Waals surface area (Å²) in [7, 11) is 0. The van der Waals surface area contributed by atoms with Crippen molar-refractivity contribution in [3.63, 3.8) is 0 Å². The average Bonchev–Trinajstić information content (AvgIpc) is 3.15. The molecule has 0 bridgehead atoms. The van der Waals surface area contributed by atoms with Crippen LogP contribution >= 0.6 is 11.8 Å². The summed E-state index contributed by atoms with van der Waals surface area (Å²) in [5.74, 6) is 1.69. The Bertz CT molecular complexity index is 1130. The quantitative estimate of drug-likeness (QED) is 0.204. The number of hydrogen-bond donors (Lipinski definition) is 2. The molecule has 0 saturated heterocycles. The molecule has 0 atom stereocenters. The van der Waals surface area contributed by atoms with Crippen molar-refractivity contribution in [1.82, 2.24) is 25.1 Å². The van der Waals surface area contributed by atoms with Gasteiger partial charge in [-0.25, -0.2) is 14.6 Å². The van der Waals surface area contributed by atoms with Gasteiger partial charge in [-0.1, -0.05) is 38.6 Å². The molecule has 2 heterocycles. The molecule has 0 radical (unpaired) electrons. The van der Waals surface area contributed by atoms with Crippen molar-refractivity contribution in [2.24, 2.45) is 5.92 Å². The number of carbonyl (C=O) groups excluding carboxylic acids is 1. The van der Waals surface area contributed by atoms with Gasteiger partial charge >= 0.3 is 0 Å². The monoisotopic (exact) mass is 457 g/mol. The van der Waals surface area contributed by atoms with Crippen LogP contribution in [0.25, 0.3) is 11.0 Å². The van der Waals surface area contributed by atoms with Crippen LogP contribution in [-0.4, -0.2) is 49.4 Å². The van der Waals surface area contributed by atoms with E-state index in [9.17, 15) is 14.9 Å². The third kappa shape index (κ3) is 5.52. The van der Waals surface area contributed by atoms with Gasteiger partial charge in [0.1, 0.15) is 5.82 Å². The molecule has 0 fully saturated rings.